The minimum absolute atomic E-state index is 0.116. The molecular formula is C14H20N2O2. The molecule has 1 atom stereocenters. The minimum atomic E-state index is -0.770. The van der Waals surface area contributed by atoms with E-state index >= 15 is 0 Å². The van der Waals surface area contributed by atoms with Crippen molar-refractivity contribution in [1.82, 2.24) is 0 Å². The van der Waals surface area contributed by atoms with Crippen molar-refractivity contribution in [3.8, 4) is 5.75 Å². The van der Waals surface area contributed by atoms with Crippen molar-refractivity contribution in [3.05, 3.63) is 23.8 Å². The van der Waals surface area contributed by atoms with E-state index in [1.54, 1.807) is 14.0 Å². The molecule has 1 aliphatic rings. The molecule has 0 spiro atoms. The lowest BCUT2D eigenvalue weighted by Crippen LogP contribution is -2.50. The highest BCUT2D eigenvalue weighted by Crippen LogP contribution is 2.38. The first-order chi connectivity index (χ1) is 8.45. The lowest BCUT2D eigenvalue weighted by atomic mass is 9.96. The Morgan fingerprint density at radius 2 is 2.17 bits per heavy atom. The summed E-state index contributed by atoms with van der Waals surface area (Å²) in [7, 11) is 1.63. The Hall–Kier alpha value is -1.55. The SMILES string of the molecule is COc1ccc(NC(=O)C(C)(N)C2CC2)cc1C. The van der Waals surface area contributed by atoms with Crippen LogP contribution in [0.25, 0.3) is 0 Å². The third-order valence-electron chi connectivity index (χ3n) is 3.57. The Balaban J connectivity index is 2.09. The molecule has 18 heavy (non-hydrogen) atoms. The van der Waals surface area contributed by atoms with Crippen LogP contribution in [-0.4, -0.2) is 18.6 Å². The van der Waals surface area contributed by atoms with Crippen LogP contribution in [0.15, 0.2) is 18.2 Å². The lowest BCUT2D eigenvalue weighted by molar-refractivity contribution is -0.121. The van der Waals surface area contributed by atoms with Crippen molar-refractivity contribution in [1.29, 1.82) is 0 Å². The Morgan fingerprint density at radius 3 is 2.67 bits per heavy atom. The summed E-state index contributed by atoms with van der Waals surface area (Å²) >= 11 is 0. The molecule has 0 saturated heterocycles. The fourth-order valence-corrected chi connectivity index (χ4v) is 2.09. The maximum absolute atomic E-state index is 12.1. The molecule has 1 unspecified atom stereocenters. The Kier molecular flexibility index (Phi) is 3.30. The lowest BCUT2D eigenvalue weighted by Gasteiger charge is -2.23. The predicted octanol–water partition coefficient (Wildman–Crippen LogP) is 2.07. The molecule has 0 aliphatic heterocycles. The van der Waals surface area contributed by atoms with Gasteiger partial charge in [0.15, 0.2) is 0 Å². The standard InChI is InChI=1S/C14H20N2O2/c1-9-8-11(6-7-12(9)18-3)16-13(17)14(2,15)10-4-5-10/h6-8,10H,4-5,15H2,1-3H3,(H,16,17). The number of amides is 1. The van der Waals surface area contributed by atoms with Gasteiger partial charge in [-0.1, -0.05) is 0 Å². The van der Waals surface area contributed by atoms with Gasteiger partial charge < -0.3 is 15.8 Å². The number of nitrogens with one attached hydrogen (secondary N) is 1. The summed E-state index contributed by atoms with van der Waals surface area (Å²) in [5.41, 5.74) is 7.05. The number of hydrogen-bond donors (Lipinski definition) is 2. The van der Waals surface area contributed by atoms with E-state index in [0.29, 0.717) is 5.92 Å². The normalized spacial score (nSPS) is 18.0. The maximum atomic E-state index is 12.1. The van der Waals surface area contributed by atoms with Crippen LogP contribution in [0.5, 0.6) is 5.75 Å². The van der Waals surface area contributed by atoms with Gasteiger partial charge in [0.25, 0.3) is 0 Å². The first-order valence-corrected chi connectivity index (χ1v) is 6.20. The molecule has 0 heterocycles. The summed E-state index contributed by atoms with van der Waals surface area (Å²) in [5.74, 6) is 1.01. The average molecular weight is 248 g/mol. The summed E-state index contributed by atoms with van der Waals surface area (Å²) < 4.78 is 5.18. The number of carbonyl (C=O) groups excluding carboxylic acids is 1. The monoisotopic (exact) mass is 248 g/mol. The molecule has 1 aromatic carbocycles. The fourth-order valence-electron chi connectivity index (χ4n) is 2.09. The third kappa shape index (κ3) is 2.48. The number of methoxy groups -OCH3 is 1. The quantitative estimate of drug-likeness (QED) is 0.857. The van der Waals surface area contributed by atoms with Gasteiger partial charge in [-0.15, -0.1) is 0 Å². The third-order valence-corrected chi connectivity index (χ3v) is 3.57. The molecule has 2 rings (SSSR count). The smallest absolute Gasteiger partial charge is 0.244 e. The highest BCUT2D eigenvalue weighted by molar-refractivity contribution is 5.98. The second-order valence-corrected chi connectivity index (χ2v) is 5.20. The number of benzene rings is 1. The zero-order chi connectivity index (χ0) is 13.3. The van der Waals surface area contributed by atoms with Crippen molar-refractivity contribution in [2.75, 3.05) is 12.4 Å². The second-order valence-electron chi connectivity index (χ2n) is 5.20. The topological polar surface area (TPSA) is 64.3 Å². The highest BCUT2D eigenvalue weighted by Gasteiger charge is 2.44. The van der Waals surface area contributed by atoms with Crippen molar-refractivity contribution in [2.24, 2.45) is 11.7 Å². The largest absolute Gasteiger partial charge is 0.496 e. The highest BCUT2D eigenvalue weighted by atomic mass is 16.5. The summed E-state index contributed by atoms with van der Waals surface area (Å²) in [6, 6.07) is 5.56. The first-order valence-electron chi connectivity index (χ1n) is 6.20. The van der Waals surface area contributed by atoms with Gasteiger partial charge in [0.1, 0.15) is 5.75 Å². The molecule has 1 amide bonds. The number of hydrogen-bond acceptors (Lipinski definition) is 3. The van der Waals surface area contributed by atoms with Crippen LogP contribution in [0.3, 0.4) is 0 Å². The van der Waals surface area contributed by atoms with Crippen LogP contribution in [-0.2, 0) is 4.79 Å². The zero-order valence-electron chi connectivity index (χ0n) is 11.1. The van der Waals surface area contributed by atoms with Crippen molar-refractivity contribution in [2.45, 2.75) is 32.2 Å². The van der Waals surface area contributed by atoms with Gasteiger partial charge in [0.2, 0.25) is 5.91 Å². The Bertz CT molecular complexity index is 465. The second kappa shape index (κ2) is 4.61. The molecule has 0 radical (unpaired) electrons. The van der Waals surface area contributed by atoms with Gasteiger partial charge in [-0.05, 0) is 56.4 Å². The molecule has 1 fully saturated rings. The van der Waals surface area contributed by atoms with Crippen molar-refractivity contribution in [3.63, 3.8) is 0 Å². The summed E-state index contributed by atoms with van der Waals surface area (Å²) in [6.45, 7) is 3.74. The number of rotatable bonds is 4. The van der Waals surface area contributed by atoms with Crippen LogP contribution in [0.2, 0.25) is 0 Å². The average Bonchev–Trinajstić information content (AvgIpc) is 3.13. The molecule has 4 heteroatoms. The van der Waals surface area contributed by atoms with E-state index in [4.69, 9.17) is 10.5 Å². The van der Waals surface area contributed by atoms with Crippen LogP contribution in [0.4, 0.5) is 5.69 Å². The van der Waals surface area contributed by atoms with Gasteiger partial charge in [0, 0.05) is 5.69 Å². The van der Waals surface area contributed by atoms with E-state index in [2.05, 4.69) is 5.32 Å². The molecular weight excluding hydrogens is 228 g/mol. The van der Waals surface area contributed by atoms with E-state index in [9.17, 15) is 4.79 Å². The summed E-state index contributed by atoms with van der Waals surface area (Å²) in [5, 5.41) is 2.88. The molecule has 0 aromatic heterocycles. The van der Waals surface area contributed by atoms with Gasteiger partial charge in [-0.3, -0.25) is 4.79 Å². The number of anilines is 1. The Morgan fingerprint density at radius 1 is 1.50 bits per heavy atom. The van der Waals surface area contributed by atoms with Crippen LogP contribution in [0.1, 0.15) is 25.3 Å². The van der Waals surface area contributed by atoms with Crippen LogP contribution in [0, 0.1) is 12.8 Å². The van der Waals surface area contributed by atoms with Gasteiger partial charge >= 0.3 is 0 Å². The summed E-state index contributed by atoms with van der Waals surface area (Å²) in [4.78, 5) is 12.1. The number of ether oxygens (including phenoxy) is 1. The van der Waals surface area contributed by atoms with Crippen LogP contribution >= 0.6 is 0 Å². The van der Waals surface area contributed by atoms with E-state index < -0.39 is 5.54 Å². The van der Waals surface area contributed by atoms with E-state index in [-0.39, 0.29) is 5.91 Å². The van der Waals surface area contributed by atoms with E-state index in [1.807, 2.05) is 25.1 Å². The fraction of sp³-hybridized carbons (Fsp3) is 0.500. The summed E-state index contributed by atoms with van der Waals surface area (Å²) in [6.07, 6.45) is 2.09. The molecule has 1 aromatic rings. The molecule has 4 nitrogen and oxygen atoms in total. The van der Waals surface area contributed by atoms with Crippen molar-refractivity contribution >= 4 is 11.6 Å². The van der Waals surface area contributed by atoms with Crippen LogP contribution < -0.4 is 15.8 Å². The van der Waals surface area contributed by atoms with E-state index in [0.717, 1.165) is 29.8 Å². The molecule has 1 aliphatic carbocycles. The number of carbonyl (C=O) groups is 1. The zero-order valence-corrected chi connectivity index (χ0v) is 11.1. The number of nitrogens with two attached hydrogens (primary N) is 1. The first kappa shape index (κ1) is 12.9. The molecule has 0 bridgehead atoms. The predicted molar refractivity (Wildman–Crippen MR) is 71.7 cm³/mol. The van der Waals surface area contributed by atoms with Crippen molar-refractivity contribution < 1.29 is 9.53 Å². The van der Waals surface area contributed by atoms with Gasteiger partial charge in [-0.25, -0.2) is 0 Å². The van der Waals surface area contributed by atoms with E-state index in [1.165, 1.54) is 0 Å². The maximum Gasteiger partial charge on any atom is 0.244 e. The molecule has 1 saturated carbocycles. The van der Waals surface area contributed by atoms with Gasteiger partial charge in [-0.2, -0.15) is 0 Å². The Labute approximate surface area is 108 Å². The van der Waals surface area contributed by atoms with Gasteiger partial charge in [0.05, 0.1) is 12.6 Å². The molecule has 3 N–H and O–H groups in total. The number of aryl methyl sites for hydroxylation is 1. The minimum Gasteiger partial charge on any atom is -0.496 e. The molecule has 98 valence electrons.